The Bertz CT molecular complexity index is 557. The summed E-state index contributed by atoms with van der Waals surface area (Å²) in [5.41, 5.74) is 5.89. The second-order valence-corrected chi connectivity index (χ2v) is 5.90. The summed E-state index contributed by atoms with van der Waals surface area (Å²) in [6.07, 6.45) is -0.00215. The number of anilines is 1. The summed E-state index contributed by atoms with van der Waals surface area (Å²) >= 11 is 12.7. The number of rotatable bonds is 3. The lowest BCUT2D eigenvalue weighted by molar-refractivity contribution is -0.121. The van der Waals surface area contributed by atoms with Crippen LogP contribution in [0.4, 0.5) is 5.69 Å². The molecule has 8 heteroatoms. The van der Waals surface area contributed by atoms with Gasteiger partial charge in [0, 0.05) is 22.2 Å². The van der Waals surface area contributed by atoms with Gasteiger partial charge in [-0.2, -0.15) is 4.99 Å². The maximum Gasteiger partial charge on any atom is 0.262 e. The van der Waals surface area contributed by atoms with Gasteiger partial charge in [0.2, 0.25) is 5.91 Å². The van der Waals surface area contributed by atoms with Gasteiger partial charge < -0.3 is 11.1 Å². The van der Waals surface area contributed by atoms with Crippen molar-refractivity contribution < 1.29 is 9.59 Å². The molecule has 2 rings (SSSR count). The topological polar surface area (TPSA) is 84.5 Å². The Balaban J connectivity index is 1.96. The molecule has 1 aromatic rings. The van der Waals surface area contributed by atoms with Gasteiger partial charge in [-0.25, -0.2) is 0 Å². The van der Waals surface area contributed by atoms with E-state index < -0.39 is 5.25 Å². The van der Waals surface area contributed by atoms with Crippen LogP contribution >= 0.6 is 35.0 Å². The summed E-state index contributed by atoms with van der Waals surface area (Å²) in [6, 6.07) is 4.70. The summed E-state index contributed by atoms with van der Waals surface area (Å²) in [7, 11) is 0. The summed E-state index contributed by atoms with van der Waals surface area (Å²) < 4.78 is 0. The summed E-state index contributed by atoms with van der Waals surface area (Å²) in [5.74, 6) is -0.712. The Morgan fingerprint density at radius 1 is 1.37 bits per heavy atom. The van der Waals surface area contributed by atoms with E-state index >= 15 is 0 Å². The lowest BCUT2D eigenvalue weighted by atomic mass is 10.2. The summed E-state index contributed by atoms with van der Waals surface area (Å²) in [4.78, 5) is 26.7. The van der Waals surface area contributed by atoms with Crippen molar-refractivity contribution in [3.63, 3.8) is 0 Å². The molecule has 0 bridgehead atoms. The van der Waals surface area contributed by atoms with Crippen LogP contribution in [0.3, 0.4) is 0 Å². The first kappa shape index (κ1) is 14.2. The number of halogens is 2. The van der Waals surface area contributed by atoms with Gasteiger partial charge in [-0.1, -0.05) is 35.0 Å². The van der Waals surface area contributed by atoms with Gasteiger partial charge in [0.15, 0.2) is 5.17 Å². The summed E-state index contributed by atoms with van der Waals surface area (Å²) in [5, 5.41) is 3.09. The van der Waals surface area contributed by atoms with Crippen LogP contribution in [0.5, 0.6) is 0 Å². The molecule has 1 aromatic carbocycles. The Morgan fingerprint density at radius 2 is 2.00 bits per heavy atom. The Labute approximate surface area is 123 Å². The molecule has 0 saturated heterocycles. The molecule has 2 amide bonds. The summed E-state index contributed by atoms with van der Waals surface area (Å²) in [6.45, 7) is 0. The van der Waals surface area contributed by atoms with E-state index in [4.69, 9.17) is 28.9 Å². The van der Waals surface area contributed by atoms with E-state index in [1.54, 1.807) is 18.2 Å². The smallest absolute Gasteiger partial charge is 0.262 e. The number of amides is 2. The first-order valence-corrected chi connectivity index (χ1v) is 6.88. The van der Waals surface area contributed by atoms with Crippen LogP contribution < -0.4 is 11.1 Å². The Morgan fingerprint density at radius 3 is 2.53 bits per heavy atom. The van der Waals surface area contributed by atoms with Gasteiger partial charge in [0.25, 0.3) is 5.91 Å². The fourth-order valence-electron chi connectivity index (χ4n) is 1.54. The van der Waals surface area contributed by atoms with Crippen molar-refractivity contribution >= 4 is 57.6 Å². The standard InChI is InChI=1S/C11H9Cl2N3O2S/c12-5-1-6(13)3-7(2-5)15-9(17)4-8-10(18)16-11(14)19-8/h1-3,8H,4H2,(H,15,17)(H2,14,16,18)/t8-/m1/s1. The SMILES string of the molecule is NC1=NC(=O)[C@@H](CC(=O)Nc2cc(Cl)cc(Cl)c2)S1. The van der Waals surface area contributed by atoms with E-state index in [2.05, 4.69) is 10.3 Å². The van der Waals surface area contributed by atoms with E-state index in [9.17, 15) is 9.59 Å². The molecule has 1 heterocycles. The van der Waals surface area contributed by atoms with Crippen LogP contribution in [0.2, 0.25) is 10.0 Å². The van der Waals surface area contributed by atoms with Crippen molar-refractivity contribution in [1.29, 1.82) is 0 Å². The molecular weight excluding hydrogens is 309 g/mol. The quantitative estimate of drug-likeness (QED) is 0.895. The molecule has 0 aliphatic carbocycles. The number of amidine groups is 1. The lowest BCUT2D eigenvalue weighted by Crippen LogP contribution is -2.21. The number of nitrogens with one attached hydrogen (secondary N) is 1. The molecule has 0 radical (unpaired) electrons. The van der Waals surface area contributed by atoms with Crippen LogP contribution in [-0.2, 0) is 9.59 Å². The van der Waals surface area contributed by atoms with Crippen LogP contribution in [-0.4, -0.2) is 22.2 Å². The highest BCUT2D eigenvalue weighted by Gasteiger charge is 2.29. The van der Waals surface area contributed by atoms with E-state index in [1.807, 2.05) is 0 Å². The minimum Gasteiger partial charge on any atom is -0.378 e. The number of hydrogen-bond donors (Lipinski definition) is 2. The van der Waals surface area contributed by atoms with Gasteiger partial charge in [-0.15, -0.1) is 0 Å². The van der Waals surface area contributed by atoms with Crippen LogP contribution in [0.25, 0.3) is 0 Å². The number of carbonyl (C=O) groups excluding carboxylic acids is 2. The van der Waals surface area contributed by atoms with Gasteiger partial charge in [-0.3, -0.25) is 9.59 Å². The predicted octanol–water partition coefficient (Wildman–Crippen LogP) is 2.28. The maximum absolute atomic E-state index is 11.8. The fourth-order valence-corrected chi connectivity index (χ4v) is 2.89. The second-order valence-electron chi connectivity index (χ2n) is 3.81. The fraction of sp³-hybridized carbons (Fsp3) is 0.182. The van der Waals surface area contributed by atoms with Crippen molar-refractivity contribution in [2.24, 2.45) is 10.7 Å². The number of benzene rings is 1. The van der Waals surface area contributed by atoms with Crippen molar-refractivity contribution in [3.05, 3.63) is 28.2 Å². The van der Waals surface area contributed by atoms with Crippen LogP contribution in [0.15, 0.2) is 23.2 Å². The minimum absolute atomic E-state index is 0.00215. The molecule has 0 unspecified atom stereocenters. The molecule has 0 aromatic heterocycles. The normalized spacial score (nSPS) is 18.3. The zero-order chi connectivity index (χ0) is 14.0. The van der Waals surface area contributed by atoms with Gasteiger partial charge in [0.05, 0.1) is 0 Å². The Hall–Kier alpha value is -1.24. The lowest BCUT2D eigenvalue weighted by Gasteiger charge is -2.08. The molecule has 0 saturated carbocycles. The zero-order valence-corrected chi connectivity index (χ0v) is 11.9. The number of carbonyl (C=O) groups is 2. The monoisotopic (exact) mass is 317 g/mol. The number of aliphatic imine (C=N–C) groups is 1. The number of nitrogens with zero attached hydrogens (tertiary/aromatic N) is 1. The average Bonchev–Trinajstić information content (AvgIpc) is 2.55. The molecular formula is C11H9Cl2N3O2S. The molecule has 5 nitrogen and oxygen atoms in total. The predicted molar refractivity (Wildman–Crippen MR) is 77.7 cm³/mol. The first-order chi connectivity index (χ1) is 8.94. The highest BCUT2D eigenvalue weighted by Crippen LogP contribution is 2.25. The minimum atomic E-state index is -0.561. The zero-order valence-electron chi connectivity index (χ0n) is 9.52. The van der Waals surface area contributed by atoms with E-state index in [0.717, 1.165) is 11.8 Å². The molecule has 1 aliphatic heterocycles. The third-order valence-corrected chi connectivity index (χ3v) is 3.70. The molecule has 1 aliphatic rings. The van der Waals surface area contributed by atoms with Crippen molar-refractivity contribution in [2.45, 2.75) is 11.7 Å². The largest absolute Gasteiger partial charge is 0.378 e. The van der Waals surface area contributed by atoms with Crippen molar-refractivity contribution in [2.75, 3.05) is 5.32 Å². The molecule has 0 spiro atoms. The molecule has 0 fully saturated rings. The Kier molecular flexibility index (Phi) is 4.34. The van der Waals surface area contributed by atoms with Crippen LogP contribution in [0.1, 0.15) is 6.42 Å². The highest BCUT2D eigenvalue weighted by molar-refractivity contribution is 8.15. The van der Waals surface area contributed by atoms with Crippen molar-refractivity contribution in [1.82, 2.24) is 0 Å². The third kappa shape index (κ3) is 3.86. The van der Waals surface area contributed by atoms with Gasteiger partial charge in [-0.05, 0) is 18.2 Å². The maximum atomic E-state index is 11.8. The average molecular weight is 318 g/mol. The molecule has 19 heavy (non-hydrogen) atoms. The molecule has 100 valence electrons. The van der Waals surface area contributed by atoms with E-state index in [1.165, 1.54) is 0 Å². The third-order valence-electron chi connectivity index (χ3n) is 2.28. The molecule has 3 N–H and O–H groups in total. The van der Waals surface area contributed by atoms with E-state index in [0.29, 0.717) is 15.7 Å². The van der Waals surface area contributed by atoms with Gasteiger partial charge >= 0.3 is 0 Å². The number of thioether (sulfide) groups is 1. The molecule has 1 atom stereocenters. The highest BCUT2D eigenvalue weighted by atomic mass is 35.5. The van der Waals surface area contributed by atoms with E-state index in [-0.39, 0.29) is 23.4 Å². The van der Waals surface area contributed by atoms with Crippen LogP contribution in [0, 0.1) is 0 Å². The van der Waals surface area contributed by atoms with Crippen molar-refractivity contribution in [3.8, 4) is 0 Å². The first-order valence-electron chi connectivity index (χ1n) is 5.24. The van der Waals surface area contributed by atoms with Gasteiger partial charge in [0.1, 0.15) is 5.25 Å². The number of nitrogens with two attached hydrogens (primary N) is 1. The second kappa shape index (κ2) is 5.81. The number of hydrogen-bond acceptors (Lipinski definition) is 4.